The Bertz CT molecular complexity index is 780. The van der Waals surface area contributed by atoms with Crippen molar-refractivity contribution < 1.29 is 9.21 Å². The molecule has 3 N–H and O–H groups in total. The van der Waals surface area contributed by atoms with E-state index in [1.54, 1.807) is 25.6 Å². The molecular weight excluding hydrogens is 368 g/mol. The molecule has 9 heteroatoms. The van der Waals surface area contributed by atoms with E-state index in [4.69, 9.17) is 16.0 Å². The van der Waals surface area contributed by atoms with E-state index in [2.05, 4.69) is 30.8 Å². The maximum atomic E-state index is 11.9. The highest BCUT2D eigenvalue weighted by Crippen LogP contribution is 2.25. The van der Waals surface area contributed by atoms with Crippen molar-refractivity contribution in [3.8, 4) is 0 Å². The van der Waals surface area contributed by atoms with Crippen molar-refractivity contribution in [2.45, 2.75) is 19.0 Å². The predicted molar refractivity (Wildman–Crippen MR) is 105 cm³/mol. The number of anilines is 1. The highest BCUT2D eigenvalue weighted by atomic mass is 35.5. The van der Waals surface area contributed by atoms with Gasteiger partial charge in [-0.05, 0) is 30.7 Å². The topological polar surface area (TPSA) is 94.8 Å². The predicted octanol–water partition coefficient (Wildman–Crippen LogP) is 1.39. The highest BCUT2D eigenvalue weighted by Gasteiger charge is 2.25. The van der Waals surface area contributed by atoms with E-state index >= 15 is 0 Å². The Hall–Kier alpha value is -2.74. The van der Waals surface area contributed by atoms with Crippen LogP contribution in [0.3, 0.4) is 0 Å². The van der Waals surface area contributed by atoms with Gasteiger partial charge in [-0.1, -0.05) is 11.6 Å². The number of aromatic nitrogens is 1. The standard InChI is InChI=1S/C18H23ClN6O2/c1-20-18(23-11-16(26)22-10-14-4-3-9-27-14)24-13-6-8-25(12-13)17-15(19)5-2-7-21-17/h2-5,7,9,13H,6,8,10-12H2,1H3,(H,22,26)(H2,20,23,24). The second-order valence-electron chi connectivity index (χ2n) is 6.17. The highest BCUT2D eigenvalue weighted by molar-refractivity contribution is 6.32. The zero-order chi connectivity index (χ0) is 19.1. The first-order valence-electron chi connectivity index (χ1n) is 8.77. The second-order valence-corrected chi connectivity index (χ2v) is 6.57. The van der Waals surface area contributed by atoms with Crippen LogP contribution in [0.1, 0.15) is 12.2 Å². The number of halogens is 1. The first kappa shape index (κ1) is 19.0. The molecule has 3 heterocycles. The molecule has 8 nitrogen and oxygen atoms in total. The molecule has 1 atom stereocenters. The lowest BCUT2D eigenvalue weighted by atomic mass is 10.3. The van der Waals surface area contributed by atoms with Crippen molar-refractivity contribution in [2.24, 2.45) is 4.99 Å². The van der Waals surface area contributed by atoms with Gasteiger partial charge >= 0.3 is 0 Å². The molecule has 1 aliphatic rings. The fraction of sp³-hybridized carbons (Fsp3) is 0.389. The lowest BCUT2D eigenvalue weighted by Crippen LogP contribution is -2.47. The number of hydrogen-bond acceptors (Lipinski definition) is 5. The van der Waals surface area contributed by atoms with Gasteiger partial charge in [-0.25, -0.2) is 4.98 Å². The molecule has 0 aromatic carbocycles. The van der Waals surface area contributed by atoms with Gasteiger partial charge in [0.1, 0.15) is 11.6 Å². The Labute approximate surface area is 163 Å². The van der Waals surface area contributed by atoms with Gasteiger partial charge in [-0.15, -0.1) is 0 Å². The van der Waals surface area contributed by atoms with Gasteiger partial charge < -0.3 is 25.3 Å². The third kappa shape index (κ3) is 5.37. The van der Waals surface area contributed by atoms with E-state index in [0.29, 0.717) is 23.3 Å². The van der Waals surface area contributed by atoms with E-state index in [-0.39, 0.29) is 18.5 Å². The number of hydrogen-bond donors (Lipinski definition) is 3. The molecule has 0 aliphatic carbocycles. The molecule has 1 aliphatic heterocycles. The first-order valence-corrected chi connectivity index (χ1v) is 9.15. The smallest absolute Gasteiger partial charge is 0.239 e. The molecule has 0 radical (unpaired) electrons. The lowest BCUT2D eigenvalue weighted by Gasteiger charge is -2.20. The monoisotopic (exact) mass is 390 g/mol. The molecule has 27 heavy (non-hydrogen) atoms. The Morgan fingerprint density at radius 2 is 2.30 bits per heavy atom. The molecular formula is C18H23ClN6O2. The number of furan rings is 1. The van der Waals surface area contributed by atoms with E-state index in [1.807, 2.05) is 18.2 Å². The lowest BCUT2D eigenvalue weighted by molar-refractivity contribution is -0.120. The third-order valence-corrected chi connectivity index (χ3v) is 4.54. The summed E-state index contributed by atoms with van der Waals surface area (Å²) in [5.41, 5.74) is 0. The van der Waals surface area contributed by atoms with Crippen molar-refractivity contribution in [3.63, 3.8) is 0 Å². The number of aliphatic imine (C=N–C) groups is 1. The number of pyridine rings is 1. The van der Waals surface area contributed by atoms with Crippen LogP contribution in [0, 0.1) is 0 Å². The van der Waals surface area contributed by atoms with Crippen LogP contribution in [-0.2, 0) is 11.3 Å². The van der Waals surface area contributed by atoms with Gasteiger partial charge in [0.2, 0.25) is 5.91 Å². The summed E-state index contributed by atoms with van der Waals surface area (Å²) < 4.78 is 5.18. The number of nitrogens with one attached hydrogen (secondary N) is 3. The molecule has 2 aromatic rings. The van der Waals surface area contributed by atoms with Gasteiger partial charge in [0, 0.05) is 32.4 Å². The van der Waals surface area contributed by atoms with Crippen molar-refractivity contribution >= 4 is 29.3 Å². The molecule has 1 fully saturated rings. The van der Waals surface area contributed by atoms with E-state index in [0.717, 1.165) is 25.3 Å². The van der Waals surface area contributed by atoms with Crippen molar-refractivity contribution in [1.82, 2.24) is 20.9 Å². The maximum absolute atomic E-state index is 11.9. The minimum Gasteiger partial charge on any atom is -0.467 e. The van der Waals surface area contributed by atoms with Gasteiger partial charge in [-0.2, -0.15) is 0 Å². The zero-order valence-corrected chi connectivity index (χ0v) is 15.9. The summed E-state index contributed by atoms with van der Waals surface area (Å²) >= 11 is 6.22. The number of nitrogens with zero attached hydrogens (tertiary/aromatic N) is 3. The Morgan fingerprint density at radius 1 is 1.41 bits per heavy atom. The largest absolute Gasteiger partial charge is 0.467 e. The van der Waals surface area contributed by atoms with Gasteiger partial charge in [0.25, 0.3) is 0 Å². The minimum absolute atomic E-state index is 0.128. The molecule has 2 aromatic heterocycles. The molecule has 1 amide bonds. The molecule has 0 bridgehead atoms. The van der Waals surface area contributed by atoms with Crippen LogP contribution in [0.4, 0.5) is 5.82 Å². The van der Waals surface area contributed by atoms with Gasteiger partial charge in [0.15, 0.2) is 5.96 Å². The van der Waals surface area contributed by atoms with Crippen LogP contribution >= 0.6 is 11.6 Å². The maximum Gasteiger partial charge on any atom is 0.239 e. The fourth-order valence-corrected chi connectivity index (χ4v) is 3.13. The van der Waals surface area contributed by atoms with Crippen molar-refractivity contribution in [2.75, 3.05) is 31.6 Å². The van der Waals surface area contributed by atoms with E-state index in [1.165, 1.54) is 0 Å². The average molecular weight is 391 g/mol. The van der Waals surface area contributed by atoms with Gasteiger partial charge in [-0.3, -0.25) is 9.79 Å². The first-order chi connectivity index (χ1) is 13.2. The normalized spacial score (nSPS) is 17.0. The number of carbonyl (C=O) groups is 1. The minimum atomic E-state index is -0.136. The number of carbonyl (C=O) groups excluding carboxylic acids is 1. The summed E-state index contributed by atoms with van der Waals surface area (Å²) in [4.78, 5) is 22.6. The summed E-state index contributed by atoms with van der Waals surface area (Å²) in [6.45, 7) is 2.11. The van der Waals surface area contributed by atoms with Crippen LogP contribution < -0.4 is 20.9 Å². The van der Waals surface area contributed by atoms with Crippen LogP contribution in [0.2, 0.25) is 5.02 Å². The van der Waals surface area contributed by atoms with Crippen LogP contribution in [0.5, 0.6) is 0 Å². The summed E-state index contributed by atoms with van der Waals surface area (Å²) in [7, 11) is 1.68. The number of rotatable bonds is 6. The quantitative estimate of drug-likeness (QED) is 0.509. The molecule has 144 valence electrons. The summed E-state index contributed by atoms with van der Waals surface area (Å²) in [5, 5.41) is 9.80. The third-order valence-electron chi connectivity index (χ3n) is 4.25. The molecule has 1 saturated heterocycles. The average Bonchev–Trinajstić information content (AvgIpc) is 3.35. The van der Waals surface area contributed by atoms with Gasteiger partial charge in [0.05, 0.1) is 24.4 Å². The molecule has 3 rings (SSSR count). The zero-order valence-electron chi connectivity index (χ0n) is 15.1. The van der Waals surface area contributed by atoms with Crippen LogP contribution in [-0.4, -0.2) is 49.6 Å². The SMILES string of the molecule is CN=C(NCC(=O)NCc1ccco1)NC1CCN(c2ncccc2Cl)C1. The van der Waals surface area contributed by atoms with Crippen molar-refractivity contribution in [3.05, 3.63) is 47.5 Å². The molecule has 0 saturated carbocycles. The van der Waals surface area contributed by atoms with Crippen molar-refractivity contribution in [1.29, 1.82) is 0 Å². The summed E-state index contributed by atoms with van der Waals surface area (Å²) in [6.07, 6.45) is 4.25. The Balaban J connectivity index is 1.42. The number of amides is 1. The van der Waals surface area contributed by atoms with Crippen LogP contribution in [0.25, 0.3) is 0 Å². The molecule has 0 spiro atoms. The summed E-state index contributed by atoms with van der Waals surface area (Å²) in [6, 6.07) is 7.45. The summed E-state index contributed by atoms with van der Waals surface area (Å²) in [5.74, 6) is 1.96. The number of guanidine groups is 1. The second kappa shape index (κ2) is 9.27. The van der Waals surface area contributed by atoms with E-state index in [9.17, 15) is 4.79 Å². The van der Waals surface area contributed by atoms with Crippen LogP contribution in [0.15, 0.2) is 46.1 Å². The molecule has 1 unspecified atom stereocenters. The fourth-order valence-electron chi connectivity index (χ4n) is 2.89. The Morgan fingerprint density at radius 3 is 3.04 bits per heavy atom. The van der Waals surface area contributed by atoms with E-state index < -0.39 is 0 Å². The Kier molecular flexibility index (Phi) is 6.54.